The molecule has 1 aromatic carbocycles. The summed E-state index contributed by atoms with van der Waals surface area (Å²) in [6.07, 6.45) is 1.79. The number of hydrogen-bond acceptors (Lipinski definition) is 3. The summed E-state index contributed by atoms with van der Waals surface area (Å²) in [4.78, 5) is 11.3. The van der Waals surface area contributed by atoms with Crippen LogP contribution >= 0.6 is 0 Å². The van der Waals surface area contributed by atoms with E-state index in [9.17, 15) is 13.2 Å². The molecular formula is C14H18NO3S. The molecule has 0 saturated carbocycles. The number of carbonyl (C=O) groups excluding carboxylic acids is 1. The van der Waals surface area contributed by atoms with Gasteiger partial charge in [-0.3, -0.25) is 4.79 Å². The number of sulfonamides is 1. The van der Waals surface area contributed by atoms with Crippen LogP contribution in [-0.2, 0) is 10.0 Å². The van der Waals surface area contributed by atoms with Crippen LogP contribution in [0, 0.1) is 12.8 Å². The molecule has 4 nitrogen and oxygen atoms in total. The Hall–Kier alpha value is -1.20. The average molecular weight is 280 g/mol. The van der Waals surface area contributed by atoms with Crippen LogP contribution in [0.1, 0.15) is 30.1 Å². The number of carbonyl (C=O) groups is 1. The van der Waals surface area contributed by atoms with Crippen molar-refractivity contribution in [1.82, 2.24) is 4.31 Å². The van der Waals surface area contributed by atoms with Gasteiger partial charge in [-0.05, 0) is 30.9 Å². The van der Waals surface area contributed by atoms with E-state index in [1.807, 2.05) is 0 Å². The van der Waals surface area contributed by atoms with Gasteiger partial charge in [0.15, 0.2) is 5.78 Å². The second-order valence-corrected chi connectivity index (χ2v) is 6.97. The van der Waals surface area contributed by atoms with Crippen molar-refractivity contribution in [1.29, 1.82) is 0 Å². The SMILES string of the molecule is [CH2]C(=O)c1ccc(S(=O)(=O)N2CCC(C)CC2)cc1. The van der Waals surface area contributed by atoms with Crippen LogP contribution in [0.5, 0.6) is 0 Å². The van der Waals surface area contributed by atoms with Crippen LogP contribution < -0.4 is 0 Å². The number of nitrogens with zero attached hydrogens (tertiary/aromatic N) is 1. The van der Waals surface area contributed by atoms with Crippen molar-refractivity contribution in [3.8, 4) is 0 Å². The lowest BCUT2D eigenvalue weighted by atomic mass is 10.0. The van der Waals surface area contributed by atoms with Crippen molar-refractivity contribution < 1.29 is 13.2 Å². The van der Waals surface area contributed by atoms with E-state index >= 15 is 0 Å². The molecule has 1 heterocycles. The van der Waals surface area contributed by atoms with Gasteiger partial charge in [0.25, 0.3) is 0 Å². The van der Waals surface area contributed by atoms with Gasteiger partial charge in [0.1, 0.15) is 0 Å². The number of hydrogen-bond donors (Lipinski definition) is 0. The lowest BCUT2D eigenvalue weighted by Gasteiger charge is -2.29. The molecule has 0 atom stereocenters. The monoisotopic (exact) mass is 280 g/mol. The largest absolute Gasteiger partial charge is 0.294 e. The first-order valence-electron chi connectivity index (χ1n) is 6.38. The van der Waals surface area contributed by atoms with Gasteiger partial charge in [0, 0.05) is 25.6 Å². The van der Waals surface area contributed by atoms with E-state index < -0.39 is 10.0 Å². The third kappa shape index (κ3) is 3.04. The van der Waals surface area contributed by atoms with E-state index in [4.69, 9.17) is 0 Å². The van der Waals surface area contributed by atoms with E-state index in [2.05, 4.69) is 13.8 Å². The van der Waals surface area contributed by atoms with Gasteiger partial charge in [0.05, 0.1) is 4.90 Å². The maximum absolute atomic E-state index is 12.4. The molecule has 0 aromatic heterocycles. The van der Waals surface area contributed by atoms with Gasteiger partial charge in [0.2, 0.25) is 10.0 Å². The number of benzene rings is 1. The smallest absolute Gasteiger partial charge is 0.243 e. The quantitative estimate of drug-likeness (QED) is 0.797. The van der Waals surface area contributed by atoms with E-state index in [-0.39, 0.29) is 10.7 Å². The van der Waals surface area contributed by atoms with Crippen molar-refractivity contribution >= 4 is 15.8 Å². The molecule has 0 unspecified atom stereocenters. The van der Waals surface area contributed by atoms with Gasteiger partial charge in [-0.15, -0.1) is 0 Å². The standard InChI is InChI=1S/C14H18NO3S/c1-11-7-9-15(10-8-11)19(17,18)14-5-3-13(4-6-14)12(2)16/h3-6,11H,2,7-10H2,1H3. The molecule has 0 spiro atoms. The Kier molecular flexibility index (Phi) is 4.06. The van der Waals surface area contributed by atoms with Gasteiger partial charge < -0.3 is 0 Å². The summed E-state index contributed by atoms with van der Waals surface area (Å²) in [6, 6.07) is 5.97. The Morgan fingerprint density at radius 3 is 2.21 bits per heavy atom. The minimum Gasteiger partial charge on any atom is -0.294 e. The zero-order valence-electron chi connectivity index (χ0n) is 11.0. The molecule has 0 aliphatic carbocycles. The van der Waals surface area contributed by atoms with Gasteiger partial charge in [-0.2, -0.15) is 4.31 Å². The Labute approximate surface area is 114 Å². The van der Waals surface area contributed by atoms with Crippen LogP contribution in [0.2, 0.25) is 0 Å². The summed E-state index contributed by atoms with van der Waals surface area (Å²) in [5.74, 6) is 0.272. The maximum Gasteiger partial charge on any atom is 0.243 e. The van der Waals surface area contributed by atoms with E-state index in [0.29, 0.717) is 24.6 Å². The first-order valence-corrected chi connectivity index (χ1v) is 7.82. The van der Waals surface area contributed by atoms with Crippen molar-refractivity contribution in [3.63, 3.8) is 0 Å². The van der Waals surface area contributed by atoms with Crippen LogP contribution in [-0.4, -0.2) is 31.6 Å². The lowest BCUT2D eigenvalue weighted by molar-refractivity contribution is 0.104. The first kappa shape index (κ1) is 14.2. The Bertz CT molecular complexity index is 555. The molecule has 0 amide bonds. The van der Waals surface area contributed by atoms with Crippen LogP contribution in [0.3, 0.4) is 0 Å². The van der Waals surface area contributed by atoms with Crippen molar-refractivity contribution in [3.05, 3.63) is 36.8 Å². The summed E-state index contributed by atoms with van der Waals surface area (Å²) in [6.45, 7) is 6.58. The summed E-state index contributed by atoms with van der Waals surface area (Å²) < 4.78 is 26.3. The zero-order valence-corrected chi connectivity index (χ0v) is 11.8. The number of piperidine rings is 1. The molecule has 1 saturated heterocycles. The first-order chi connectivity index (χ1) is 8.91. The van der Waals surface area contributed by atoms with Gasteiger partial charge >= 0.3 is 0 Å². The molecule has 0 N–H and O–H groups in total. The summed E-state index contributed by atoms with van der Waals surface area (Å²) in [7, 11) is -3.43. The Balaban J connectivity index is 2.22. The highest BCUT2D eigenvalue weighted by Gasteiger charge is 2.27. The van der Waals surface area contributed by atoms with E-state index in [1.165, 1.54) is 28.6 Å². The van der Waals surface area contributed by atoms with Crippen molar-refractivity contribution in [2.24, 2.45) is 5.92 Å². The highest BCUT2D eigenvalue weighted by molar-refractivity contribution is 7.89. The zero-order chi connectivity index (χ0) is 14.0. The highest BCUT2D eigenvalue weighted by atomic mass is 32.2. The fraction of sp³-hybridized carbons (Fsp3) is 0.429. The van der Waals surface area contributed by atoms with Crippen LogP contribution in [0.15, 0.2) is 29.2 Å². The summed E-state index contributed by atoms with van der Waals surface area (Å²) in [5.41, 5.74) is 0.422. The summed E-state index contributed by atoms with van der Waals surface area (Å²) in [5, 5.41) is 0. The normalized spacial score (nSPS) is 18.4. The average Bonchev–Trinajstić information content (AvgIpc) is 2.39. The fourth-order valence-corrected chi connectivity index (χ4v) is 3.66. The van der Waals surface area contributed by atoms with Crippen molar-refractivity contribution in [2.75, 3.05) is 13.1 Å². The highest BCUT2D eigenvalue weighted by Crippen LogP contribution is 2.23. The topological polar surface area (TPSA) is 54.5 Å². The summed E-state index contributed by atoms with van der Waals surface area (Å²) >= 11 is 0. The molecule has 5 heteroatoms. The van der Waals surface area contributed by atoms with Crippen LogP contribution in [0.4, 0.5) is 0 Å². The molecule has 103 valence electrons. The predicted molar refractivity (Wildman–Crippen MR) is 73.3 cm³/mol. The molecule has 0 bridgehead atoms. The molecule has 1 aliphatic rings. The third-order valence-electron chi connectivity index (χ3n) is 3.56. The Morgan fingerprint density at radius 1 is 1.21 bits per heavy atom. The van der Waals surface area contributed by atoms with Gasteiger partial charge in [-0.1, -0.05) is 19.1 Å². The number of Topliss-reactive ketones (excluding diaryl/α,β-unsaturated/α-hetero) is 1. The maximum atomic E-state index is 12.4. The molecule has 2 rings (SSSR count). The van der Waals surface area contributed by atoms with Crippen molar-refractivity contribution in [2.45, 2.75) is 24.7 Å². The minimum absolute atomic E-state index is 0.243. The molecule has 1 radical (unpaired) electrons. The number of rotatable bonds is 3. The lowest BCUT2D eigenvalue weighted by Crippen LogP contribution is -2.37. The second kappa shape index (κ2) is 5.43. The predicted octanol–water partition coefficient (Wildman–Crippen LogP) is 2.12. The van der Waals surface area contributed by atoms with E-state index in [1.54, 1.807) is 0 Å². The van der Waals surface area contributed by atoms with E-state index in [0.717, 1.165) is 12.8 Å². The molecule has 19 heavy (non-hydrogen) atoms. The minimum atomic E-state index is -3.43. The van der Waals surface area contributed by atoms with Crippen LogP contribution in [0.25, 0.3) is 0 Å². The molecule has 1 aliphatic heterocycles. The fourth-order valence-electron chi connectivity index (χ4n) is 2.19. The molecule has 1 aromatic rings. The Morgan fingerprint density at radius 2 is 1.74 bits per heavy atom. The third-order valence-corrected chi connectivity index (χ3v) is 5.47. The number of ketones is 1. The van der Waals surface area contributed by atoms with Gasteiger partial charge in [-0.25, -0.2) is 8.42 Å². The second-order valence-electron chi connectivity index (χ2n) is 5.03. The molecule has 1 fully saturated rings. The molecular weight excluding hydrogens is 262 g/mol.